The van der Waals surface area contributed by atoms with Crippen molar-refractivity contribution in [1.29, 1.82) is 5.41 Å². The molecule has 4 nitrogen and oxygen atoms in total. The van der Waals surface area contributed by atoms with Crippen molar-refractivity contribution >= 4 is 27.5 Å². The maximum atomic E-state index is 7.65. The zero-order valence-electron chi connectivity index (χ0n) is 8.85. The second kappa shape index (κ2) is 4.13. The molecule has 0 spiro atoms. The number of hydrogen-bond acceptors (Lipinski definition) is 3. The van der Waals surface area contributed by atoms with Crippen LogP contribution < -0.4 is 5.32 Å². The molecule has 0 amide bonds. The minimum Gasteiger partial charge on any atom is -0.373 e. The van der Waals surface area contributed by atoms with Crippen LogP contribution in [0.3, 0.4) is 0 Å². The number of nitrogens with zero attached hydrogens (tertiary/aromatic N) is 2. The normalized spacial score (nSPS) is 10.7. The number of hydrogen-bond donors (Lipinski definition) is 2. The van der Waals surface area contributed by atoms with Crippen LogP contribution in [0.2, 0.25) is 0 Å². The molecule has 0 aliphatic heterocycles. The summed E-state index contributed by atoms with van der Waals surface area (Å²) in [4.78, 5) is 0. The fourth-order valence-electron chi connectivity index (χ4n) is 1.35. The first kappa shape index (κ1) is 11.2. The van der Waals surface area contributed by atoms with Gasteiger partial charge >= 0.3 is 0 Å². The van der Waals surface area contributed by atoms with E-state index >= 15 is 0 Å². The first-order valence-electron chi connectivity index (χ1n) is 4.50. The van der Waals surface area contributed by atoms with Gasteiger partial charge in [0.1, 0.15) is 10.4 Å². The molecule has 0 atom stereocenters. The minimum absolute atomic E-state index is 0.279. The molecule has 14 heavy (non-hydrogen) atoms. The number of nitrogens with one attached hydrogen (secondary N) is 2. The summed E-state index contributed by atoms with van der Waals surface area (Å²) in [6.45, 7) is 5.87. The van der Waals surface area contributed by atoms with Crippen molar-refractivity contribution in [3.63, 3.8) is 0 Å². The minimum atomic E-state index is 0.279. The van der Waals surface area contributed by atoms with Gasteiger partial charge in [-0.2, -0.15) is 5.10 Å². The quantitative estimate of drug-likeness (QED) is 0.820. The first-order chi connectivity index (χ1) is 6.49. The molecule has 0 saturated carbocycles. The van der Waals surface area contributed by atoms with Crippen LogP contribution in [0.1, 0.15) is 32.4 Å². The fraction of sp³-hybridized carbons (Fsp3) is 0.556. The van der Waals surface area contributed by atoms with E-state index in [4.69, 9.17) is 5.41 Å². The highest BCUT2D eigenvalue weighted by Gasteiger charge is 2.17. The first-order valence-corrected chi connectivity index (χ1v) is 5.29. The topological polar surface area (TPSA) is 53.7 Å². The van der Waals surface area contributed by atoms with Crippen LogP contribution >= 0.6 is 15.9 Å². The lowest BCUT2D eigenvalue weighted by atomic mass is 10.2. The molecule has 0 bridgehead atoms. The summed E-state index contributed by atoms with van der Waals surface area (Å²) in [7, 11) is 1.84. The molecule has 78 valence electrons. The van der Waals surface area contributed by atoms with Gasteiger partial charge in [0.05, 0.1) is 5.56 Å². The Morgan fingerprint density at radius 3 is 2.50 bits per heavy atom. The molecule has 1 aromatic heterocycles. The standard InChI is InChI=1S/C9H15BrN4/c1-5(2)14-9(12-4)7(6(3)11)8(10)13-14/h5,11-12H,1-4H3. The number of anilines is 1. The van der Waals surface area contributed by atoms with Gasteiger partial charge in [-0.1, -0.05) is 0 Å². The molecule has 0 unspecified atom stereocenters. The fourth-order valence-corrected chi connectivity index (χ4v) is 2.01. The van der Waals surface area contributed by atoms with Gasteiger partial charge in [-0.15, -0.1) is 0 Å². The Hall–Kier alpha value is -0.840. The highest BCUT2D eigenvalue weighted by Crippen LogP contribution is 2.27. The summed E-state index contributed by atoms with van der Waals surface area (Å²) in [5.41, 5.74) is 1.34. The summed E-state index contributed by atoms with van der Waals surface area (Å²) in [6, 6.07) is 0.279. The van der Waals surface area contributed by atoms with Crippen molar-refractivity contribution in [3.05, 3.63) is 10.2 Å². The van der Waals surface area contributed by atoms with E-state index in [-0.39, 0.29) is 6.04 Å². The van der Waals surface area contributed by atoms with Crippen LogP contribution in [0.25, 0.3) is 0 Å². The third kappa shape index (κ3) is 1.82. The maximum absolute atomic E-state index is 7.65. The highest BCUT2D eigenvalue weighted by molar-refractivity contribution is 9.10. The van der Waals surface area contributed by atoms with Gasteiger partial charge in [-0.3, -0.25) is 0 Å². The van der Waals surface area contributed by atoms with Crippen molar-refractivity contribution < 1.29 is 0 Å². The number of rotatable bonds is 3. The highest BCUT2D eigenvalue weighted by atomic mass is 79.9. The molecule has 1 rings (SSSR count). The Morgan fingerprint density at radius 1 is 1.57 bits per heavy atom. The molecule has 1 aromatic rings. The average molecular weight is 259 g/mol. The maximum Gasteiger partial charge on any atom is 0.139 e. The van der Waals surface area contributed by atoms with E-state index in [1.54, 1.807) is 6.92 Å². The molecule has 5 heteroatoms. The molecule has 0 aliphatic carbocycles. The molecule has 1 heterocycles. The van der Waals surface area contributed by atoms with Crippen molar-refractivity contribution in [2.75, 3.05) is 12.4 Å². The second-order valence-electron chi connectivity index (χ2n) is 3.43. The molecule has 0 fully saturated rings. The monoisotopic (exact) mass is 258 g/mol. The summed E-state index contributed by atoms with van der Waals surface area (Å²) in [5.74, 6) is 0.888. The lowest BCUT2D eigenvalue weighted by molar-refractivity contribution is 0.536. The van der Waals surface area contributed by atoms with E-state index in [2.05, 4.69) is 40.2 Å². The molecule has 0 radical (unpaired) electrons. The number of halogens is 1. The summed E-state index contributed by atoms with van der Waals surface area (Å²) >= 11 is 3.36. The largest absolute Gasteiger partial charge is 0.373 e. The molecular formula is C9H15BrN4. The van der Waals surface area contributed by atoms with E-state index in [0.29, 0.717) is 5.71 Å². The van der Waals surface area contributed by atoms with Crippen LogP contribution in [-0.2, 0) is 0 Å². The third-order valence-electron chi connectivity index (χ3n) is 1.97. The van der Waals surface area contributed by atoms with E-state index in [0.717, 1.165) is 16.0 Å². The predicted molar refractivity (Wildman–Crippen MR) is 62.4 cm³/mol. The molecule has 0 aromatic carbocycles. The van der Waals surface area contributed by atoms with Crippen molar-refractivity contribution in [3.8, 4) is 0 Å². The lowest BCUT2D eigenvalue weighted by Crippen LogP contribution is -2.08. The molecule has 0 aliphatic rings. The molecule has 2 N–H and O–H groups in total. The van der Waals surface area contributed by atoms with E-state index < -0.39 is 0 Å². The Bertz CT molecular complexity index is 354. The van der Waals surface area contributed by atoms with Gasteiger partial charge < -0.3 is 10.7 Å². The van der Waals surface area contributed by atoms with E-state index in [1.165, 1.54) is 0 Å². The SMILES string of the molecule is CNc1c(C(C)=N)c(Br)nn1C(C)C. The van der Waals surface area contributed by atoms with Crippen LogP contribution in [0, 0.1) is 5.41 Å². The van der Waals surface area contributed by atoms with Crippen LogP contribution in [0.4, 0.5) is 5.82 Å². The molecular weight excluding hydrogens is 244 g/mol. The van der Waals surface area contributed by atoms with Crippen molar-refractivity contribution in [2.45, 2.75) is 26.8 Å². The Morgan fingerprint density at radius 2 is 2.14 bits per heavy atom. The van der Waals surface area contributed by atoms with Crippen molar-refractivity contribution in [2.24, 2.45) is 0 Å². The zero-order chi connectivity index (χ0) is 10.9. The second-order valence-corrected chi connectivity index (χ2v) is 4.18. The van der Waals surface area contributed by atoms with Gasteiger partial charge in [0.15, 0.2) is 0 Å². The van der Waals surface area contributed by atoms with Crippen LogP contribution in [0.15, 0.2) is 4.60 Å². The lowest BCUT2D eigenvalue weighted by Gasteiger charge is -2.11. The Kier molecular flexibility index (Phi) is 3.31. The predicted octanol–water partition coefficient (Wildman–Crippen LogP) is 2.66. The van der Waals surface area contributed by atoms with E-state index in [9.17, 15) is 0 Å². The Labute approximate surface area is 92.3 Å². The van der Waals surface area contributed by atoms with Gasteiger partial charge in [-0.25, -0.2) is 4.68 Å². The van der Waals surface area contributed by atoms with Gasteiger partial charge in [0.25, 0.3) is 0 Å². The summed E-state index contributed by atoms with van der Waals surface area (Å²) in [5, 5.41) is 15.1. The summed E-state index contributed by atoms with van der Waals surface area (Å²) < 4.78 is 2.60. The van der Waals surface area contributed by atoms with Crippen LogP contribution in [-0.4, -0.2) is 22.5 Å². The number of aromatic nitrogens is 2. The summed E-state index contributed by atoms with van der Waals surface area (Å²) in [6.07, 6.45) is 0. The van der Waals surface area contributed by atoms with Gasteiger partial charge in [0, 0.05) is 18.8 Å². The Balaban J connectivity index is 3.35. The van der Waals surface area contributed by atoms with Crippen LogP contribution in [0.5, 0.6) is 0 Å². The zero-order valence-corrected chi connectivity index (χ0v) is 10.4. The van der Waals surface area contributed by atoms with Gasteiger partial charge in [0.2, 0.25) is 0 Å². The molecule has 0 saturated heterocycles. The van der Waals surface area contributed by atoms with E-state index in [1.807, 2.05) is 11.7 Å². The van der Waals surface area contributed by atoms with Crippen molar-refractivity contribution in [1.82, 2.24) is 9.78 Å². The third-order valence-corrected chi connectivity index (χ3v) is 2.52. The smallest absolute Gasteiger partial charge is 0.139 e. The van der Waals surface area contributed by atoms with Gasteiger partial charge in [-0.05, 0) is 36.7 Å². The average Bonchev–Trinajstić information content (AvgIpc) is 2.41.